The third kappa shape index (κ3) is 3.04. The summed E-state index contributed by atoms with van der Waals surface area (Å²) in [5, 5.41) is 0. The molecule has 0 unspecified atom stereocenters. The zero-order valence-corrected chi connectivity index (χ0v) is 9.61. The second-order valence-electron chi connectivity index (χ2n) is 3.96. The van der Waals surface area contributed by atoms with E-state index >= 15 is 0 Å². The molecule has 0 saturated heterocycles. The Morgan fingerprint density at radius 3 is 2.31 bits per heavy atom. The lowest BCUT2D eigenvalue weighted by molar-refractivity contribution is 0.0715. The molecule has 0 heterocycles. The molecule has 0 fully saturated rings. The fraction of sp³-hybridized carbons (Fsp3) is 0.455. The molecule has 16 heavy (non-hydrogen) atoms. The highest BCUT2D eigenvalue weighted by molar-refractivity contribution is 7.85. The van der Waals surface area contributed by atoms with Gasteiger partial charge in [-0.25, -0.2) is 0 Å². The predicted octanol–water partition coefficient (Wildman–Crippen LogP) is 1.06. The summed E-state index contributed by atoms with van der Waals surface area (Å²) in [6, 6.07) is 8.09. The van der Waals surface area contributed by atoms with Gasteiger partial charge in [-0.05, 0) is 24.0 Å². The van der Waals surface area contributed by atoms with Crippen LogP contribution >= 0.6 is 0 Å². The molecule has 1 aromatic rings. The van der Waals surface area contributed by atoms with Crippen LogP contribution in [0.5, 0.6) is 0 Å². The van der Waals surface area contributed by atoms with E-state index in [-0.39, 0.29) is 18.5 Å². The highest BCUT2D eigenvalue weighted by Crippen LogP contribution is 2.23. The molecular weight excluding hydrogens is 228 g/mol. The Hall–Kier alpha value is -0.910. The van der Waals surface area contributed by atoms with Crippen molar-refractivity contribution in [1.29, 1.82) is 0 Å². The van der Waals surface area contributed by atoms with E-state index in [1.165, 1.54) is 11.1 Å². The zero-order chi connectivity index (χ0) is 11.6. The van der Waals surface area contributed by atoms with Crippen LogP contribution in [0.15, 0.2) is 24.3 Å². The largest absolute Gasteiger partial charge is 0.376 e. The fourth-order valence-electron chi connectivity index (χ4n) is 1.96. The van der Waals surface area contributed by atoms with Crippen LogP contribution in [0.2, 0.25) is 0 Å². The van der Waals surface area contributed by atoms with Gasteiger partial charge in [0.2, 0.25) is 0 Å². The number of rotatable bonds is 4. The summed E-state index contributed by atoms with van der Waals surface area (Å²) in [4.78, 5) is 0. The maximum atomic E-state index is 10.5. The first-order valence-electron chi connectivity index (χ1n) is 5.18. The van der Waals surface area contributed by atoms with Crippen molar-refractivity contribution in [2.75, 3.05) is 12.4 Å². The van der Waals surface area contributed by atoms with E-state index in [4.69, 9.17) is 9.29 Å². The van der Waals surface area contributed by atoms with Crippen LogP contribution in [0.3, 0.4) is 0 Å². The first-order chi connectivity index (χ1) is 7.54. The smallest absolute Gasteiger partial charge is 0.267 e. The lowest BCUT2D eigenvalue weighted by atomic mass is 10.1. The number of benzene rings is 1. The lowest BCUT2D eigenvalue weighted by Crippen LogP contribution is -2.18. The number of fused-ring (bicyclic) bond motifs is 1. The van der Waals surface area contributed by atoms with Crippen LogP contribution < -0.4 is 0 Å². The Labute approximate surface area is 95.0 Å². The van der Waals surface area contributed by atoms with Gasteiger partial charge in [-0.2, -0.15) is 8.42 Å². The molecule has 0 aromatic heterocycles. The predicted molar refractivity (Wildman–Crippen MR) is 60.0 cm³/mol. The Morgan fingerprint density at radius 1 is 1.25 bits per heavy atom. The Morgan fingerprint density at radius 2 is 1.81 bits per heavy atom. The maximum absolute atomic E-state index is 10.5. The maximum Gasteiger partial charge on any atom is 0.267 e. The van der Waals surface area contributed by atoms with Crippen molar-refractivity contribution in [3.63, 3.8) is 0 Å². The van der Waals surface area contributed by atoms with E-state index in [9.17, 15) is 8.42 Å². The zero-order valence-electron chi connectivity index (χ0n) is 8.80. The number of ether oxygens (including phenoxy) is 1. The minimum Gasteiger partial charge on any atom is -0.376 e. The second-order valence-corrected chi connectivity index (χ2v) is 5.53. The SMILES string of the molecule is O=S(=O)(O)CCOC1Cc2ccccc2C1. The molecule has 5 heteroatoms. The van der Waals surface area contributed by atoms with Crippen molar-refractivity contribution in [2.24, 2.45) is 0 Å². The van der Waals surface area contributed by atoms with Crippen molar-refractivity contribution in [2.45, 2.75) is 18.9 Å². The Balaban J connectivity index is 1.84. The summed E-state index contributed by atoms with van der Waals surface area (Å²) < 4.78 is 35.0. The van der Waals surface area contributed by atoms with Crippen LogP contribution in [0, 0.1) is 0 Å². The van der Waals surface area contributed by atoms with E-state index in [0.717, 1.165) is 12.8 Å². The molecule has 1 N–H and O–H groups in total. The molecule has 0 spiro atoms. The van der Waals surface area contributed by atoms with Crippen molar-refractivity contribution in [3.8, 4) is 0 Å². The minimum atomic E-state index is -3.91. The van der Waals surface area contributed by atoms with Crippen LogP contribution in [0.25, 0.3) is 0 Å². The molecule has 0 bridgehead atoms. The van der Waals surface area contributed by atoms with Gasteiger partial charge in [0.15, 0.2) is 0 Å². The highest BCUT2D eigenvalue weighted by atomic mass is 32.2. The molecule has 88 valence electrons. The highest BCUT2D eigenvalue weighted by Gasteiger charge is 2.21. The molecule has 0 radical (unpaired) electrons. The molecule has 0 saturated carbocycles. The van der Waals surface area contributed by atoms with Crippen LogP contribution in [-0.2, 0) is 27.7 Å². The number of hydrogen-bond acceptors (Lipinski definition) is 3. The topological polar surface area (TPSA) is 63.6 Å². The second kappa shape index (κ2) is 4.53. The first-order valence-corrected chi connectivity index (χ1v) is 6.79. The van der Waals surface area contributed by atoms with Crippen LogP contribution in [-0.4, -0.2) is 31.4 Å². The quantitative estimate of drug-likeness (QED) is 0.802. The van der Waals surface area contributed by atoms with Gasteiger partial charge in [-0.15, -0.1) is 0 Å². The summed E-state index contributed by atoms with van der Waals surface area (Å²) >= 11 is 0. The molecule has 0 amide bonds. The monoisotopic (exact) mass is 242 g/mol. The van der Waals surface area contributed by atoms with Crippen molar-refractivity contribution >= 4 is 10.1 Å². The standard InChI is InChI=1S/C11H14O4S/c12-16(13,14)6-5-15-11-7-9-3-1-2-4-10(9)8-11/h1-4,11H,5-8H2,(H,12,13,14). The molecule has 4 nitrogen and oxygen atoms in total. The Bertz CT molecular complexity index is 442. The molecule has 0 aliphatic heterocycles. The summed E-state index contributed by atoms with van der Waals surface area (Å²) in [6.07, 6.45) is 1.68. The van der Waals surface area contributed by atoms with Gasteiger partial charge in [0.05, 0.1) is 18.5 Å². The molecule has 1 aliphatic carbocycles. The summed E-state index contributed by atoms with van der Waals surface area (Å²) in [5.74, 6) is -0.333. The summed E-state index contributed by atoms with van der Waals surface area (Å²) in [5.41, 5.74) is 2.53. The molecular formula is C11H14O4S. The van der Waals surface area contributed by atoms with E-state index < -0.39 is 10.1 Å². The Kier molecular flexibility index (Phi) is 3.28. The van der Waals surface area contributed by atoms with E-state index in [2.05, 4.69) is 12.1 Å². The first kappa shape index (κ1) is 11.6. The number of hydrogen-bond donors (Lipinski definition) is 1. The van der Waals surface area contributed by atoms with Gasteiger partial charge >= 0.3 is 0 Å². The van der Waals surface area contributed by atoms with Crippen molar-refractivity contribution in [3.05, 3.63) is 35.4 Å². The molecule has 1 aliphatic rings. The van der Waals surface area contributed by atoms with Gasteiger partial charge < -0.3 is 4.74 Å². The normalized spacial score (nSPS) is 16.3. The van der Waals surface area contributed by atoms with Gasteiger partial charge in [0.25, 0.3) is 10.1 Å². The molecule has 2 rings (SSSR count). The summed E-state index contributed by atoms with van der Waals surface area (Å²) in [6.45, 7) is 0.0531. The lowest BCUT2D eigenvalue weighted by Gasteiger charge is -2.09. The third-order valence-corrected chi connectivity index (χ3v) is 3.39. The average Bonchev–Trinajstić information content (AvgIpc) is 2.57. The average molecular weight is 242 g/mol. The van der Waals surface area contributed by atoms with E-state index in [0.29, 0.717) is 0 Å². The van der Waals surface area contributed by atoms with Crippen LogP contribution in [0.4, 0.5) is 0 Å². The van der Waals surface area contributed by atoms with Gasteiger partial charge in [0.1, 0.15) is 0 Å². The van der Waals surface area contributed by atoms with E-state index in [1.54, 1.807) is 0 Å². The summed E-state index contributed by atoms with van der Waals surface area (Å²) in [7, 11) is -3.91. The van der Waals surface area contributed by atoms with Gasteiger partial charge in [-0.3, -0.25) is 4.55 Å². The van der Waals surface area contributed by atoms with Gasteiger partial charge in [-0.1, -0.05) is 24.3 Å². The van der Waals surface area contributed by atoms with Crippen molar-refractivity contribution in [1.82, 2.24) is 0 Å². The third-order valence-electron chi connectivity index (χ3n) is 2.71. The molecule has 0 atom stereocenters. The fourth-order valence-corrected chi connectivity index (χ4v) is 2.26. The van der Waals surface area contributed by atoms with Gasteiger partial charge in [0, 0.05) is 0 Å². The van der Waals surface area contributed by atoms with Crippen LogP contribution in [0.1, 0.15) is 11.1 Å². The van der Waals surface area contributed by atoms with E-state index in [1.807, 2.05) is 12.1 Å². The van der Waals surface area contributed by atoms with Crippen molar-refractivity contribution < 1.29 is 17.7 Å². The minimum absolute atomic E-state index is 0.0409. The molecule has 1 aromatic carbocycles.